The van der Waals surface area contributed by atoms with Crippen LogP contribution in [0.4, 0.5) is 5.82 Å². The number of aromatic nitrogens is 2. The SMILES string of the molecule is Cc1ccc2c(c1)CCC([n+]1ccc(NCc3ccccc3)nc1)C2=O. The van der Waals surface area contributed by atoms with Crippen molar-refractivity contribution in [2.45, 2.75) is 32.4 Å². The van der Waals surface area contributed by atoms with Gasteiger partial charge in [-0.2, -0.15) is 0 Å². The Balaban J connectivity index is 1.47. The van der Waals surface area contributed by atoms with Crippen LogP contribution in [0.1, 0.15) is 39.5 Å². The number of Topliss-reactive ketones (excluding diaryl/α,β-unsaturated/α-hetero) is 1. The molecule has 2 aromatic carbocycles. The first-order valence-corrected chi connectivity index (χ1v) is 8.99. The Bertz CT molecular complexity index is 920. The number of fused-ring (bicyclic) bond motifs is 1. The predicted molar refractivity (Wildman–Crippen MR) is 101 cm³/mol. The molecule has 1 heterocycles. The molecule has 1 aliphatic rings. The molecule has 1 N–H and O–H groups in total. The second-order valence-electron chi connectivity index (χ2n) is 6.81. The molecule has 0 spiro atoms. The van der Waals surface area contributed by atoms with Gasteiger partial charge < -0.3 is 5.32 Å². The summed E-state index contributed by atoms with van der Waals surface area (Å²) in [6.45, 7) is 2.80. The van der Waals surface area contributed by atoms with E-state index in [1.807, 2.05) is 47.2 Å². The molecule has 1 atom stereocenters. The van der Waals surface area contributed by atoms with Crippen LogP contribution in [0.25, 0.3) is 0 Å². The van der Waals surface area contributed by atoms with Crippen LogP contribution in [0.2, 0.25) is 0 Å². The lowest BCUT2D eigenvalue weighted by atomic mass is 9.86. The van der Waals surface area contributed by atoms with Crippen LogP contribution in [-0.4, -0.2) is 10.8 Å². The monoisotopic (exact) mass is 344 g/mol. The van der Waals surface area contributed by atoms with E-state index < -0.39 is 0 Å². The molecule has 3 aromatic rings. The molecule has 26 heavy (non-hydrogen) atoms. The number of aryl methyl sites for hydroxylation is 2. The summed E-state index contributed by atoms with van der Waals surface area (Å²) < 4.78 is 1.93. The van der Waals surface area contributed by atoms with E-state index in [0.717, 1.165) is 30.8 Å². The number of hydrogen-bond acceptors (Lipinski definition) is 3. The van der Waals surface area contributed by atoms with Gasteiger partial charge in [0.15, 0.2) is 6.04 Å². The molecule has 4 rings (SSSR count). The summed E-state index contributed by atoms with van der Waals surface area (Å²) in [5.74, 6) is 0.993. The predicted octanol–water partition coefficient (Wildman–Crippen LogP) is 3.66. The summed E-state index contributed by atoms with van der Waals surface area (Å²) >= 11 is 0. The van der Waals surface area contributed by atoms with E-state index in [0.29, 0.717) is 0 Å². The van der Waals surface area contributed by atoms with Crippen LogP contribution >= 0.6 is 0 Å². The maximum absolute atomic E-state index is 12.9. The van der Waals surface area contributed by atoms with Gasteiger partial charge in [0, 0.05) is 18.2 Å². The Morgan fingerprint density at radius 2 is 2.00 bits per heavy atom. The maximum Gasteiger partial charge on any atom is 0.289 e. The molecule has 130 valence electrons. The molecule has 0 amide bonds. The molecule has 0 bridgehead atoms. The van der Waals surface area contributed by atoms with Crippen molar-refractivity contribution in [3.63, 3.8) is 0 Å². The molecule has 0 saturated heterocycles. The van der Waals surface area contributed by atoms with Gasteiger partial charge in [-0.05, 0) is 35.9 Å². The number of rotatable bonds is 4. The van der Waals surface area contributed by atoms with Crippen LogP contribution in [0, 0.1) is 6.92 Å². The van der Waals surface area contributed by atoms with Gasteiger partial charge in [-0.3, -0.25) is 4.79 Å². The van der Waals surface area contributed by atoms with Crippen molar-refractivity contribution in [3.8, 4) is 0 Å². The van der Waals surface area contributed by atoms with Crippen LogP contribution in [0.5, 0.6) is 0 Å². The second-order valence-corrected chi connectivity index (χ2v) is 6.81. The summed E-state index contributed by atoms with van der Waals surface area (Å²) in [4.78, 5) is 17.3. The van der Waals surface area contributed by atoms with Crippen molar-refractivity contribution in [2.75, 3.05) is 5.32 Å². The second kappa shape index (κ2) is 7.08. The molecule has 4 heteroatoms. The Morgan fingerprint density at radius 1 is 1.15 bits per heavy atom. The lowest BCUT2D eigenvalue weighted by Gasteiger charge is -2.22. The zero-order chi connectivity index (χ0) is 17.9. The zero-order valence-corrected chi connectivity index (χ0v) is 14.9. The molecule has 1 unspecified atom stereocenters. The first-order chi connectivity index (χ1) is 12.7. The average molecular weight is 344 g/mol. The Labute approximate surface area is 153 Å². The molecular formula is C22H22N3O+. The number of carbonyl (C=O) groups is 1. The topological polar surface area (TPSA) is 45.9 Å². The number of nitrogens with zero attached hydrogens (tertiary/aromatic N) is 2. The summed E-state index contributed by atoms with van der Waals surface area (Å²) in [5, 5.41) is 3.31. The number of benzene rings is 2. The Hall–Kier alpha value is -3.01. The average Bonchev–Trinajstić information content (AvgIpc) is 2.68. The number of hydrogen-bond donors (Lipinski definition) is 1. The van der Waals surface area contributed by atoms with Crippen molar-refractivity contribution in [1.29, 1.82) is 0 Å². The van der Waals surface area contributed by atoms with E-state index in [1.165, 1.54) is 16.7 Å². The lowest BCUT2D eigenvalue weighted by molar-refractivity contribution is -0.711. The smallest absolute Gasteiger partial charge is 0.289 e. The molecule has 4 nitrogen and oxygen atoms in total. The standard InChI is InChI=1S/C22H21N3O/c1-16-7-9-19-18(13-16)8-10-20(22(19)26)25-12-11-21(24-15-25)23-14-17-5-3-2-4-6-17/h2-7,9,11-13,15,20H,8,10,14H2,1H3/p+1. The number of carbonyl (C=O) groups excluding carboxylic acids is 1. The van der Waals surface area contributed by atoms with Crippen molar-refractivity contribution in [3.05, 3.63) is 89.4 Å². The Morgan fingerprint density at radius 3 is 2.77 bits per heavy atom. The van der Waals surface area contributed by atoms with Gasteiger partial charge in [0.05, 0.1) is 6.20 Å². The third-order valence-corrected chi connectivity index (χ3v) is 4.93. The molecule has 1 aromatic heterocycles. The van der Waals surface area contributed by atoms with Gasteiger partial charge >= 0.3 is 0 Å². The fourth-order valence-corrected chi connectivity index (χ4v) is 3.50. The van der Waals surface area contributed by atoms with Gasteiger partial charge in [-0.15, -0.1) is 0 Å². The van der Waals surface area contributed by atoms with Crippen molar-refractivity contribution >= 4 is 11.6 Å². The van der Waals surface area contributed by atoms with E-state index >= 15 is 0 Å². The highest BCUT2D eigenvalue weighted by molar-refractivity contribution is 6.00. The van der Waals surface area contributed by atoms with Gasteiger partial charge in [-0.25, -0.2) is 4.57 Å². The first kappa shape index (κ1) is 16.5. The highest BCUT2D eigenvalue weighted by Gasteiger charge is 2.31. The fourth-order valence-electron chi connectivity index (χ4n) is 3.50. The molecule has 1 aliphatic carbocycles. The molecule has 0 radical (unpaired) electrons. The van der Waals surface area contributed by atoms with Crippen LogP contribution in [0.3, 0.4) is 0 Å². The minimum Gasteiger partial charge on any atom is -0.345 e. The molecular weight excluding hydrogens is 322 g/mol. The molecule has 0 fully saturated rings. The third kappa shape index (κ3) is 3.36. The minimum absolute atomic E-state index is 0.166. The minimum atomic E-state index is -0.166. The van der Waals surface area contributed by atoms with Gasteiger partial charge in [0.25, 0.3) is 6.33 Å². The quantitative estimate of drug-likeness (QED) is 0.735. The normalized spacial score (nSPS) is 16.2. The number of nitrogens with one attached hydrogen (secondary N) is 1. The lowest BCUT2D eigenvalue weighted by Crippen LogP contribution is -2.46. The summed E-state index contributed by atoms with van der Waals surface area (Å²) in [6.07, 6.45) is 5.45. The van der Waals surface area contributed by atoms with E-state index in [2.05, 4.69) is 35.4 Å². The maximum atomic E-state index is 12.9. The largest absolute Gasteiger partial charge is 0.345 e. The summed E-state index contributed by atoms with van der Waals surface area (Å²) in [5.41, 5.74) is 4.44. The highest BCUT2D eigenvalue weighted by Crippen LogP contribution is 2.26. The van der Waals surface area contributed by atoms with E-state index in [9.17, 15) is 4.79 Å². The Kier molecular flexibility index (Phi) is 4.48. The van der Waals surface area contributed by atoms with Gasteiger partial charge in [0.1, 0.15) is 0 Å². The molecule has 0 aliphatic heterocycles. The van der Waals surface area contributed by atoms with Crippen LogP contribution in [-0.2, 0) is 13.0 Å². The van der Waals surface area contributed by atoms with Gasteiger partial charge in [0.2, 0.25) is 11.6 Å². The van der Waals surface area contributed by atoms with E-state index in [4.69, 9.17) is 0 Å². The van der Waals surface area contributed by atoms with Crippen molar-refractivity contribution in [2.24, 2.45) is 0 Å². The van der Waals surface area contributed by atoms with Crippen LogP contribution in [0.15, 0.2) is 67.1 Å². The van der Waals surface area contributed by atoms with Crippen molar-refractivity contribution in [1.82, 2.24) is 4.98 Å². The zero-order valence-electron chi connectivity index (χ0n) is 14.9. The van der Waals surface area contributed by atoms with E-state index in [1.54, 1.807) is 6.33 Å². The number of anilines is 1. The molecule has 0 saturated carbocycles. The summed E-state index contributed by atoms with van der Waals surface area (Å²) in [6, 6.07) is 18.1. The summed E-state index contributed by atoms with van der Waals surface area (Å²) in [7, 11) is 0. The van der Waals surface area contributed by atoms with E-state index in [-0.39, 0.29) is 11.8 Å². The van der Waals surface area contributed by atoms with Crippen molar-refractivity contribution < 1.29 is 9.36 Å². The first-order valence-electron chi connectivity index (χ1n) is 8.99. The van der Waals surface area contributed by atoms with Crippen LogP contribution < -0.4 is 9.88 Å². The van der Waals surface area contributed by atoms with Gasteiger partial charge in [-0.1, -0.05) is 54.1 Å². The fraction of sp³-hybridized carbons (Fsp3) is 0.227. The number of ketones is 1. The highest BCUT2D eigenvalue weighted by atomic mass is 16.1. The third-order valence-electron chi connectivity index (χ3n) is 4.93.